The van der Waals surface area contributed by atoms with Gasteiger partial charge in [-0.15, -0.1) is 11.6 Å². The number of nitrogens with one attached hydrogen (secondary N) is 1. The predicted octanol–water partition coefficient (Wildman–Crippen LogP) is 2.41. The summed E-state index contributed by atoms with van der Waals surface area (Å²) in [7, 11) is 0. The molecule has 0 saturated carbocycles. The Hall–Kier alpha value is -0.100. The van der Waals surface area contributed by atoms with Crippen molar-refractivity contribution < 1.29 is 0 Å². The Balaban J connectivity index is 3.43. The van der Waals surface area contributed by atoms with Crippen molar-refractivity contribution in [3.05, 3.63) is 25.4 Å². The van der Waals surface area contributed by atoms with Crippen molar-refractivity contribution in [3.8, 4) is 0 Å². The molecule has 0 radical (unpaired) electrons. The van der Waals surface area contributed by atoms with E-state index in [-0.39, 0.29) is 16.9 Å². The molecule has 78 valence electrons. The Morgan fingerprint density at radius 1 is 1.50 bits per heavy atom. The van der Waals surface area contributed by atoms with E-state index in [1.807, 2.05) is 43.4 Å². The van der Waals surface area contributed by atoms with E-state index in [4.69, 9.17) is 11.6 Å². The van der Waals surface area contributed by atoms with Gasteiger partial charge in [0.15, 0.2) is 0 Å². The minimum atomic E-state index is -0.133. The Morgan fingerprint density at radius 2 is 2.07 bits per heavy atom. The first-order chi connectivity index (χ1) is 6.36. The lowest BCUT2D eigenvalue weighted by Gasteiger charge is -2.19. The maximum Gasteiger partial charge on any atom is 0.264 e. The summed E-state index contributed by atoms with van der Waals surface area (Å²) in [6.45, 7) is 6.07. The fourth-order valence-electron chi connectivity index (χ4n) is 1.07. The number of H-pyrrole nitrogens is 1. The molecule has 14 heavy (non-hydrogen) atoms. The average molecular weight is 327 g/mol. The Labute approximate surface area is 101 Å². The van der Waals surface area contributed by atoms with Crippen molar-refractivity contribution in [1.29, 1.82) is 0 Å². The van der Waals surface area contributed by atoms with Crippen molar-refractivity contribution in [2.45, 2.75) is 32.1 Å². The van der Waals surface area contributed by atoms with Gasteiger partial charge < -0.3 is 4.98 Å². The lowest BCUT2D eigenvalue weighted by atomic mass is 9.92. The molecule has 1 N–H and O–H groups in total. The van der Waals surface area contributed by atoms with Crippen LogP contribution in [-0.4, -0.2) is 9.97 Å². The van der Waals surface area contributed by atoms with Gasteiger partial charge in [-0.3, -0.25) is 4.79 Å². The number of hydrogen-bond acceptors (Lipinski definition) is 2. The third-order valence-corrected chi connectivity index (χ3v) is 3.00. The number of alkyl halides is 1. The molecule has 1 rings (SSSR count). The lowest BCUT2D eigenvalue weighted by Crippen LogP contribution is -2.25. The molecule has 1 heterocycles. The lowest BCUT2D eigenvalue weighted by molar-refractivity contribution is 0.557. The predicted molar refractivity (Wildman–Crippen MR) is 65.8 cm³/mol. The Morgan fingerprint density at radius 3 is 2.50 bits per heavy atom. The number of halogens is 2. The van der Waals surface area contributed by atoms with Crippen LogP contribution in [0.2, 0.25) is 0 Å². The normalized spacial score (nSPS) is 11.8. The van der Waals surface area contributed by atoms with Crippen molar-refractivity contribution >= 4 is 34.2 Å². The quantitative estimate of drug-likeness (QED) is 0.636. The summed E-state index contributed by atoms with van der Waals surface area (Å²) in [5, 5.41) is 0. The molecule has 3 nitrogen and oxygen atoms in total. The number of rotatable bonds is 1. The zero-order valence-electron chi connectivity index (χ0n) is 8.32. The van der Waals surface area contributed by atoms with Crippen LogP contribution in [0.4, 0.5) is 0 Å². The molecule has 0 bridgehead atoms. The van der Waals surface area contributed by atoms with E-state index in [1.54, 1.807) is 0 Å². The van der Waals surface area contributed by atoms with Crippen LogP contribution in [0.25, 0.3) is 0 Å². The molecule has 0 atom stereocenters. The molecule has 0 aliphatic rings. The highest BCUT2D eigenvalue weighted by Gasteiger charge is 2.21. The summed E-state index contributed by atoms with van der Waals surface area (Å²) in [6.07, 6.45) is 0. The smallest absolute Gasteiger partial charge is 0.264 e. The van der Waals surface area contributed by atoms with Gasteiger partial charge in [0, 0.05) is 5.41 Å². The van der Waals surface area contributed by atoms with Gasteiger partial charge in [0.2, 0.25) is 0 Å². The van der Waals surface area contributed by atoms with Crippen LogP contribution in [0.3, 0.4) is 0 Å². The van der Waals surface area contributed by atoms with Crippen LogP contribution in [0, 0.1) is 3.57 Å². The zero-order valence-corrected chi connectivity index (χ0v) is 11.2. The molecule has 0 spiro atoms. The van der Waals surface area contributed by atoms with E-state index in [9.17, 15) is 4.79 Å². The second-order valence-electron chi connectivity index (χ2n) is 4.06. The first kappa shape index (κ1) is 12.0. The minimum absolute atomic E-state index is 0.110. The molecular weight excluding hydrogens is 314 g/mol. The molecule has 0 saturated heterocycles. The molecule has 0 fully saturated rings. The summed E-state index contributed by atoms with van der Waals surface area (Å²) >= 11 is 7.65. The summed E-state index contributed by atoms with van der Waals surface area (Å²) in [5.74, 6) is 0.761. The van der Waals surface area contributed by atoms with Crippen LogP contribution >= 0.6 is 34.2 Å². The Bertz CT molecular complexity index is 395. The Kier molecular flexibility index (Phi) is 3.58. The van der Waals surface area contributed by atoms with E-state index in [1.165, 1.54) is 0 Å². The van der Waals surface area contributed by atoms with E-state index < -0.39 is 0 Å². The first-order valence-corrected chi connectivity index (χ1v) is 5.82. The van der Waals surface area contributed by atoms with E-state index in [2.05, 4.69) is 9.97 Å². The second-order valence-corrected chi connectivity index (χ2v) is 5.40. The largest absolute Gasteiger partial charge is 0.309 e. The SMILES string of the molecule is CC(C)(C)c1nc(CCl)[nH]c(=O)c1I. The van der Waals surface area contributed by atoms with E-state index >= 15 is 0 Å². The van der Waals surface area contributed by atoms with Crippen molar-refractivity contribution in [2.24, 2.45) is 0 Å². The number of aromatic nitrogens is 2. The second kappa shape index (κ2) is 4.18. The van der Waals surface area contributed by atoms with Crippen molar-refractivity contribution in [1.82, 2.24) is 9.97 Å². The molecule has 1 aromatic rings. The maximum atomic E-state index is 11.5. The standard InChI is InChI=1S/C9H12ClIN2O/c1-9(2,3)7-6(11)8(14)13-5(4-10)12-7/h4H2,1-3H3,(H,12,13,14). The summed E-state index contributed by atoms with van der Waals surface area (Å²) in [5.41, 5.74) is 0.560. The van der Waals surface area contributed by atoms with Gasteiger partial charge in [0.25, 0.3) is 5.56 Å². The topological polar surface area (TPSA) is 45.8 Å². The van der Waals surface area contributed by atoms with Gasteiger partial charge in [0.1, 0.15) is 9.39 Å². The monoisotopic (exact) mass is 326 g/mol. The highest BCUT2D eigenvalue weighted by Crippen LogP contribution is 2.22. The van der Waals surface area contributed by atoms with Gasteiger partial charge in [-0.1, -0.05) is 20.8 Å². The van der Waals surface area contributed by atoms with Crippen LogP contribution in [-0.2, 0) is 11.3 Å². The van der Waals surface area contributed by atoms with Gasteiger partial charge in [-0.05, 0) is 22.6 Å². The molecule has 0 amide bonds. The summed E-state index contributed by atoms with van der Waals surface area (Å²) in [4.78, 5) is 18.5. The number of aromatic amines is 1. The molecule has 0 unspecified atom stereocenters. The first-order valence-electron chi connectivity index (χ1n) is 4.21. The van der Waals surface area contributed by atoms with Crippen LogP contribution in [0.1, 0.15) is 32.3 Å². The zero-order chi connectivity index (χ0) is 10.9. The van der Waals surface area contributed by atoms with Crippen LogP contribution < -0.4 is 5.56 Å². The summed E-state index contributed by atoms with van der Waals surface area (Å²) < 4.78 is 0.643. The van der Waals surface area contributed by atoms with Gasteiger partial charge in [-0.25, -0.2) is 4.98 Å². The van der Waals surface area contributed by atoms with Crippen LogP contribution in [0.5, 0.6) is 0 Å². The minimum Gasteiger partial charge on any atom is -0.309 e. The maximum absolute atomic E-state index is 11.5. The van der Waals surface area contributed by atoms with E-state index in [0.717, 1.165) is 5.69 Å². The van der Waals surface area contributed by atoms with Gasteiger partial charge in [-0.2, -0.15) is 0 Å². The highest BCUT2D eigenvalue weighted by atomic mass is 127. The molecule has 0 aliphatic heterocycles. The molecular formula is C9H12ClIN2O. The molecule has 5 heteroatoms. The molecule has 0 aliphatic carbocycles. The highest BCUT2D eigenvalue weighted by molar-refractivity contribution is 14.1. The number of nitrogens with zero attached hydrogens (tertiary/aromatic N) is 1. The van der Waals surface area contributed by atoms with Gasteiger partial charge in [0.05, 0.1) is 11.6 Å². The summed E-state index contributed by atoms with van der Waals surface area (Å²) in [6, 6.07) is 0. The fourth-order valence-corrected chi connectivity index (χ4v) is 2.26. The molecule has 0 aromatic carbocycles. The number of hydrogen-bond donors (Lipinski definition) is 1. The third-order valence-electron chi connectivity index (χ3n) is 1.75. The van der Waals surface area contributed by atoms with Gasteiger partial charge >= 0.3 is 0 Å². The fraction of sp³-hybridized carbons (Fsp3) is 0.556. The average Bonchev–Trinajstić information content (AvgIpc) is 2.07. The van der Waals surface area contributed by atoms with E-state index in [0.29, 0.717) is 9.39 Å². The molecule has 1 aromatic heterocycles. The van der Waals surface area contributed by atoms with Crippen LogP contribution in [0.15, 0.2) is 4.79 Å². The van der Waals surface area contributed by atoms with Crippen molar-refractivity contribution in [3.63, 3.8) is 0 Å². The van der Waals surface area contributed by atoms with Crippen molar-refractivity contribution in [2.75, 3.05) is 0 Å². The third kappa shape index (κ3) is 2.48.